The number of aliphatic hydroxyl groups is 2. The van der Waals surface area contributed by atoms with Gasteiger partial charge in [-0.2, -0.15) is 0 Å². The van der Waals surface area contributed by atoms with Crippen molar-refractivity contribution < 1.29 is 10.2 Å². The predicted molar refractivity (Wildman–Crippen MR) is 34.4 cm³/mol. The van der Waals surface area contributed by atoms with Crippen molar-refractivity contribution in [2.75, 3.05) is 13.2 Å². The van der Waals surface area contributed by atoms with Crippen LogP contribution in [0.2, 0.25) is 0 Å². The van der Waals surface area contributed by atoms with Crippen LogP contribution in [0.25, 0.3) is 0 Å². The highest BCUT2D eigenvalue weighted by Crippen LogP contribution is 1.78. The summed E-state index contributed by atoms with van der Waals surface area (Å²) >= 11 is 0. The van der Waals surface area contributed by atoms with Crippen molar-refractivity contribution >= 4 is 0 Å². The average molecular weight is 119 g/mol. The van der Waals surface area contributed by atoms with Crippen LogP contribution in [-0.4, -0.2) is 23.4 Å². The third kappa shape index (κ3) is 38.9. The molecule has 0 atom stereocenters. The zero-order valence-electron chi connectivity index (χ0n) is 5.43. The van der Waals surface area contributed by atoms with Crippen LogP contribution in [0, 0.1) is 6.92 Å². The Morgan fingerprint density at radius 3 is 1.75 bits per heavy atom. The van der Waals surface area contributed by atoms with Crippen molar-refractivity contribution in [2.24, 2.45) is 0 Å². The molecule has 2 heteroatoms. The maximum atomic E-state index is 8.03. The monoisotopic (exact) mass is 119 g/mol. The van der Waals surface area contributed by atoms with Crippen molar-refractivity contribution in [2.45, 2.75) is 19.8 Å². The molecule has 0 amide bonds. The molecule has 2 N–H and O–H groups in total. The predicted octanol–water partition coefficient (Wildman–Crippen LogP) is 0.592. The Bertz CT molecular complexity index is 20.5. The minimum Gasteiger partial charge on any atom is -0.397 e. The van der Waals surface area contributed by atoms with Gasteiger partial charge < -0.3 is 10.2 Å². The maximum Gasteiger partial charge on any atom is 0.0431 e. The van der Waals surface area contributed by atoms with Gasteiger partial charge in [0.2, 0.25) is 0 Å². The molecule has 0 aliphatic carbocycles. The lowest BCUT2D eigenvalue weighted by Crippen LogP contribution is -1.75. The van der Waals surface area contributed by atoms with Crippen molar-refractivity contribution in [3.63, 3.8) is 0 Å². The molecule has 0 saturated heterocycles. The van der Waals surface area contributed by atoms with E-state index in [1.807, 2.05) is 0 Å². The van der Waals surface area contributed by atoms with Crippen molar-refractivity contribution in [1.29, 1.82) is 0 Å². The van der Waals surface area contributed by atoms with E-state index in [1.165, 1.54) is 0 Å². The van der Waals surface area contributed by atoms with Gasteiger partial charge in [0.05, 0.1) is 0 Å². The van der Waals surface area contributed by atoms with Crippen LogP contribution >= 0.6 is 0 Å². The molecule has 0 aromatic carbocycles. The van der Waals surface area contributed by atoms with Crippen LogP contribution in [0.4, 0.5) is 0 Å². The number of aliphatic hydroxyl groups excluding tert-OH is 2. The molecule has 0 heterocycles. The zero-order valence-corrected chi connectivity index (χ0v) is 5.43. The van der Waals surface area contributed by atoms with E-state index in [1.54, 1.807) is 6.92 Å². The summed E-state index contributed by atoms with van der Waals surface area (Å²) in [5.74, 6) is 0. The highest BCUT2D eigenvalue weighted by molar-refractivity contribution is 4.34. The molecule has 0 rings (SSSR count). The third-order valence-electron chi connectivity index (χ3n) is 0.408. The van der Waals surface area contributed by atoms with E-state index in [-0.39, 0.29) is 13.2 Å². The summed E-state index contributed by atoms with van der Waals surface area (Å²) in [5, 5.41) is 15.6. The molecule has 0 aromatic rings. The van der Waals surface area contributed by atoms with Crippen LogP contribution in [-0.2, 0) is 0 Å². The normalized spacial score (nSPS) is 7.50. The van der Waals surface area contributed by atoms with Gasteiger partial charge in [0.15, 0.2) is 0 Å². The molecule has 0 saturated carbocycles. The van der Waals surface area contributed by atoms with Crippen LogP contribution in [0.15, 0.2) is 0 Å². The summed E-state index contributed by atoms with van der Waals surface area (Å²) in [4.78, 5) is 0. The van der Waals surface area contributed by atoms with E-state index in [9.17, 15) is 0 Å². The summed E-state index contributed by atoms with van der Waals surface area (Å²) < 4.78 is 0. The lowest BCUT2D eigenvalue weighted by Gasteiger charge is -1.79. The van der Waals surface area contributed by atoms with Gasteiger partial charge in [-0.15, -0.1) is 0 Å². The number of hydrogen-bond acceptors (Lipinski definition) is 2. The number of unbranched alkanes of at least 4 members (excludes halogenated alkanes) is 1. The molecule has 0 aromatic heterocycles. The van der Waals surface area contributed by atoms with Gasteiger partial charge in [0.25, 0.3) is 0 Å². The zero-order chi connectivity index (χ0) is 6.83. The minimum absolute atomic E-state index is 0.250. The molecule has 51 valence electrons. The molecule has 8 heavy (non-hydrogen) atoms. The van der Waals surface area contributed by atoms with Crippen molar-refractivity contribution in [1.82, 2.24) is 0 Å². The SMILES string of the molecule is CCO.[CH2]CCCO. The molecular formula is C6H15O2. The second-order valence-corrected chi connectivity index (χ2v) is 1.25. The molecule has 0 aliphatic heterocycles. The van der Waals surface area contributed by atoms with Gasteiger partial charge in [-0.25, -0.2) is 0 Å². The molecule has 0 bridgehead atoms. The largest absolute Gasteiger partial charge is 0.397 e. The molecule has 0 fully saturated rings. The van der Waals surface area contributed by atoms with Gasteiger partial charge in [0, 0.05) is 13.2 Å². The minimum atomic E-state index is 0.250. The lowest BCUT2D eigenvalue weighted by atomic mass is 10.4. The fourth-order valence-electron chi connectivity index (χ4n) is 0.112. The van der Waals surface area contributed by atoms with Crippen molar-refractivity contribution in [3.8, 4) is 0 Å². The standard InChI is InChI=1S/C4H9O.C2H6O/c1-2-3-4-5;1-2-3/h5H,1-4H2;3H,2H2,1H3. The third-order valence-corrected chi connectivity index (χ3v) is 0.408. The molecule has 0 unspecified atom stereocenters. The number of rotatable bonds is 2. The maximum absolute atomic E-state index is 8.03. The van der Waals surface area contributed by atoms with E-state index in [0.29, 0.717) is 0 Å². The smallest absolute Gasteiger partial charge is 0.0431 e. The first-order valence-corrected chi connectivity index (χ1v) is 2.84. The van der Waals surface area contributed by atoms with Gasteiger partial charge in [-0.3, -0.25) is 0 Å². The Labute approximate surface area is 51.2 Å². The lowest BCUT2D eigenvalue weighted by molar-refractivity contribution is 0.289. The second-order valence-electron chi connectivity index (χ2n) is 1.25. The highest BCUT2D eigenvalue weighted by atomic mass is 16.3. The van der Waals surface area contributed by atoms with Gasteiger partial charge in [0.1, 0.15) is 0 Å². The fourth-order valence-corrected chi connectivity index (χ4v) is 0.112. The Kier molecular flexibility index (Phi) is 21.3. The van der Waals surface area contributed by atoms with E-state index >= 15 is 0 Å². The highest BCUT2D eigenvalue weighted by Gasteiger charge is 1.69. The Morgan fingerprint density at radius 2 is 1.75 bits per heavy atom. The second kappa shape index (κ2) is 15.8. The first-order valence-electron chi connectivity index (χ1n) is 2.84. The van der Waals surface area contributed by atoms with Gasteiger partial charge in [-0.05, 0) is 13.3 Å². The molecule has 2 nitrogen and oxygen atoms in total. The summed E-state index contributed by atoms with van der Waals surface area (Å²) in [7, 11) is 0. The van der Waals surface area contributed by atoms with Crippen LogP contribution < -0.4 is 0 Å². The molecule has 0 spiro atoms. The van der Waals surface area contributed by atoms with Crippen LogP contribution in [0.1, 0.15) is 19.8 Å². The number of hydrogen-bond donors (Lipinski definition) is 2. The van der Waals surface area contributed by atoms with Gasteiger partial charge >= 0.3 is 0 Å². The Morgan fingerprint density at radius 1 is 1.38 bits per heavy atom. The summed E-state index contributed by atoms with van der Waals surface area (Å²) in [6, 6.07) is 0. The molecule has 1 radical (unpaired) electrons. The molecular weight excluding hydrogens is 104 g/mol. The summed E-state index contributed by atoms with van der Waals surface area (Å²) in [6.45, 7) is 5.73. The fraction of sp³-hybridized carbons (Fsp3) is 0.833. The Hall–Kier alpha value is -0.0800. The first-order chi connectivity index (χ1) is 3.83. The first kappa shape index (κ1) is 10.8. The quantitative estimate of drug-likeness (QED) is 0.558. The van der Waals surface area contributed by atoms with Gasteiger partial charge in [-0.1, -0.05) is 13.3 Å². The Balaban J connectivity index is 0. The van der Waals surface area contributed by atoms with Crippen LogP contribution in [0.3, 0.4) is 0 Å². The van der Waals surface area contributed by atoms with E-state index in [4.69, 9.17) is 10.2 Å². The summed E-state index contributed by atoms with van der Waals surface area (Å²) in [6.07, 6.45) is 1.68. The van der Waals surface area contributed by atoms with E-state index in [0.717, 1.165) is 12.8 Å². The van der Waals surface area contributed by atoms with Crippen molar-refractivity contribution in [3.05, 3.63) is 6.92 Å². The summed E-state index contributed by atoms with van der Waals surface area (Å²) in [5.41, 5.74) is 0. The topological polar surface area (TPSA) is 40.5 Å². The van der Waals surface area contributed by atoms with Crippen LogP contribution in [0.5, 0.6) is 0 Å². The van der Waals surface area contributed by atoms with E-state index in [2.05, 4.69) is 6.92 Å². The average Bonchev–Trinajstić information content (AvgIpc) is 1.71. The molecule has 0 aliphatic rings. The van der Waals surface area contributed by atoms with E-state index < -0.39 is 0 Å².